The molecule has 0 aromatic heterocycles. The van der Waals surface area contributed by atoms with Gasteiger partial charge in [0.1, 0.15) is 6.29 Å². The lowest BCUT2D eigenvalue weighted by Crippen LogP contribution is -2.43. The molecule has 0 heterocycles. The molecule has 1 aliphatic carbocycles. The molecule has 0 spiro atoms. The summed E-state index contributed by atoms with van der Waals surface area (Å²) >= 11 is 0. The fraction of sp³-hybridized carbons (Fsp3) is 0.947. The number of unbranched alkanes of at least 4 members (excludes halogenated alkanes) is 2. The number of rotatable bonds is 10. The summed E-state index contributed by atoms with van der Waals surface area (Å²) in [6, 6.07) is 0. The average Bonchev–Trinajstić information content (AvgIpc) is 2.45. The van der Waals surface area contributed by atoms with Gasteiger partial charge in [0.2, 0.25) is 0 Å². The summed E-state index contributed by atoms with van der Waals surface area (Å²) in [4.78, 5) is 11.7. The van der Waals surface area contributed by atoms with E-state index in [9.17, 15) is 4.79 Å². The molecule has 1 fully saturated rings. The van der Waals surface area contributed by atoms with Gasteiger partial charge in [-0.3, -0.25) is 0 Å². The fourth-order valence-corrected chi connectivity index (χ4v) is 4.16. The third-order valence-corrected chi connectivity index (χ3v) is 5.62. The Morgan fingerprint density at radius 2 is 1.90 bits per heavy atom. The molecule has 1 saturated carbocycles. The quantitative estimate of drug-likeness (QED) is 0.406. The van der Waals surface area contributed by atoms with Gasteiger partial charge in [0.05, 0.1) is 6.61 Å². The highest BCUT2D eigenvalue weighted by Crippen LogP contribution is 2.48. The van der Waals surface area contributed by atoms with E-state index in [1.54, 1.807) is 7.11 Å². The molecule has 124 valence electrons. The molecule has 1 rings (SSSR count). The third kappa shape index (κ3) is 5.39. The Hall–Kier alpha value is -0.370. The molecular formula is C19H36O2. The van der Waals surface area contributed by atoms with Gasteiger partial charge in [-0.05, 0) is 24.7 Å². The minimum Gasteiger partial charge on any atom is -0.384 e. The van der Waals surface area contributed by atoms with Crippen molar-refractivity contribution >= 4 is 6.29 Å². The summed E-state index contributed by atoms with van der Waals surface area (Å²) in [5.74, 6) is 1.59. The SMILES string of the molecule is COCC1(C(C=O)CCCCCC(C)C)CCCCC1C. The summed E-state index contributed by atoms with van der Waals surface area (Å²) < 4.78 is 5.54. The number of aldehydes is 1. The molecule has 0 aromatic carbocycles. The van der Waals surface area contributed by atoms with Crippen LogP contribution in [0.3, 0.4) is 0 Å². The second kappa shape index (κ2) is 9.61. The molecule has 0 aromatic rings. The summed E-state index contributed by atoms with van der Waals surface area (Å²) in [6.07, 6.45) is 12.3. The normalized spacial score (nSPS) is 27.8. The average molecular weight is 296 g/mol. The lowest BCUT2D eigenvalue weighted by atomic mass is 9.60. The summed E-state index contributed by atoms with van der Waals surface area (Å²) in [6.45, 7) is 7.65. The molecule has 21 heavy (non-hydrogen) atoms. The second-order valence-corrected chi connectivity index (χ2v) is 7.59. The van der Waals surface area contributed by atoms with E-state index in [1.165, 1.54) is 51.2 Å². The number of ether oxygens (including phenoxy) is 1. The number of carbonyl (C=O) groups is 1. The van der Waals surface area contributed by atoms with Crippen LogP contribution in [-0.2, 0) is 9.53 Å². The zero-order valence-electron chi connectivity index (χ0n) is 14.7. The van der Waals surface area contributed by atoms with Gasteiger partial charge in [-0.25, -0.2) is 0 Å². The lowest BCUT2D eigenvalue weighted by molar-refractivity contribution is -0.122. The molecule has 3 unspecified atom stereocenters. The zero-order valence-corrected chi connectivity index (χ0v) is 14.7. The van der Waals surface area contributed by atoms with Gasteiger partial charge >= 0.3 is 0 Å². The van der Waals surface area contributed by atoms with Crippen LogP contribution in [0.5, 0.6) is 0 Å². The van der Waals surface area contributed by atoms with E-state index in [-0.39, 0.29) is 11.3 Å². The summed E-state index contributed by atoms with van der Waals surface area (Å²) in [5.41, 5.74) is 0.104. The van der Waals surface area contributed by atoms with Gasteiger partial charge in [-0.15, -0.1) is 0 Å². The third-order valence-electron chi connectivity index (χ3n) is 5.62. The van der Waals surface area contributed by atoms with Gasteiger partial charge in [-0.2, -0.15) is 0 Å². The van der Waals surface area contributed by atoms with Crippen molar-refractivity contribution in [1.29, 1.82) is 0 Å². The minimum atomic E-state index is 0.104. The molecule has 0 bridgehead atoms. The van der Waals surface area contributed by atoms with E-state index in [1.807, 2.05) is 0 Å². The van der Waals surface area contributed by atoms with Crippen LogP contribution in [0.2, 0.25) is 0 Å². The van der Waals surface area contributed by atoms with Crippen LogP contribution < -0.4 is 0 Å². The predicted molar refractivity (Wildman–Crippen MR) is 89.4 cm³/mol. The van der Waals surface area contributed by atoms with Crippen LogP contribution in [-0.4, -0.2) is 20.0 Å². The molecule has 1 aliphatic rings. The maximum Gasteiger partial charge on any atom is 0.123 e. The molecule has 0 N–H and O–H groups in total. The fourth-order valence-electron chi connectivity index (χ4n) is 4.16. The van der Waals surface area contributed by atoms with E-state index in [2.05, 4.69) is 20.8 Å². The lowest BCUT2D eigenvalue weighted by Gasteiger charge is -2.46. The van der Waals surface area contributed by atoms with Gasteiger partial charge in [0, 0.05) is 18.4 Å². The van der Waals surface area contributed by atoms with Crippen molar-refractivity contribution in [1.82, 2.24) is 0 Å². The molecule has 0 radical (unpaired) electrons. The van der Waals surface area contributed by atoms with Crippen molar-refractivity contribution in [3.8, 4) is 0 Å². The first-order valence-electron chi connectivity index (χ1n) is 9.01. The van der Waals surface area contributed by atoms with Crippen molar-refractivity contribution < 1.29 is 9.53 Å². The first-order valence-corrected chi connectivity index (χ1v) is 9.01. The van der Waals surface area contributed by atoms with E-state index < -0.39 is 0 Å². The van der Waals surface area contributed by atoms with Gasteiger partial charge in [0.25, 0.3) is 0 Å². The first kappa shape index (κ1) is 18.7. The largest absolute Gasteiger partial charge is 0.384 e. The topological polar surface area (TPSA) is 26.3 Å². The van der Waals surface area contributed by atoms with Crippen molar-refractivity contribution in [3.63, 3.8) is 0 Å². The molecular weight excluding hydrogens is 260 g/mol. The van der Waals surface area contributed by atoms with Crippen molar-refractivity contribution in [2.45, 2.75) is 78.6 Å². The summed E-state index contributed by atoms with van der Waals surface area (Å²) in [7, 11) is 1.79. The van der Waals surface area contributed by atoms with Crippen LogP contribution in [0.1, 0.15) is 78.6 Å². The Morgan fingerprint density at radius 3 is 2.48 bits per heavy atom. The molecule has 0 saturated heterocycles. The molecule has 0 amide bonds. The van der Waals surface area contributed by atoms with Gasteiger partial charge in [0.15, 0.2) is 0 Å². The number of hydrogen-bond donors (Lipinski definition) is 0. The maximum atomic E-state index is 11.7. The second-order valence-electron chi connectivity index (χ2n) is 7.59. The Morgan fingerprint density at radius 1 is 1.19 bits per heavy atom. The molecule has 0 aliphatic heterocycles. The number of carbonyl (C=O) groups excluding carboxylic acids is 1. The van der Waals surface area contributed by atoms with Crippen molar-refractivity contribution in [2.24, 2.45) is 23.2 Å². The maximum absolute atomic E-state index is 11.7. The predicted octanol–water partition coefficient (Wildman–Crippen LogP) is 5.25. The highest BCUT2D eigenvalue weighted by molar-refractivity contribution is 5.55. The Kier molecular flexibility index (Phi) is 8.55. The van der Waals surface area contributed by atoms with E-state index >= 15 is 0 Å². The molecule has 2 nitrogen and oxygen atoms in total. The van der Waals surface area contributed by atoms with E-state index in [0.717, 1.165) is 25.4 Å². The Balaban J connectivity index is 2.55. The Bertz CT molecular complexity index is 283. The van der Waals surface area contributed by atoms with Crippen molar-refractivity contribution in [2.75, 3.05) is 13.7 Å². The van der Waals surface area contributed by atoms with Crippen LogP contribution in [0, 0.1) is 23.2 Å². The van der Waals surface area contributed by atoms with Crippen LogP contribution >= 0.6 is 0 Å². The van der Waals surface area contributed by atoms with Crippen LogP contribution in [0.4, 0.5) is 0 Å². The highest BCUT2D eigenvalue weighted by atomic mass is 16.5. The van der Waals surface area contributed by atoms with Crippen LogP contribution in [0.15, 0.2) is 0 Å². The molecule has 2 heteroatoms. The first-order chi connectivity index (χ1) is 10.1. The minimum absolute atomic E-state index is 0.104. The Labute approximate surface area is 132 Å². The summed E-state index contributed by atoms with van der Waals surface area (Å²) in [5, 5.41) is 0. The number of hydrogen-bond acceptors (Lipinski definition) is 2. The van der Waals surface area contributed by atoms with Crippen molar-refractivity contribution in [3.05, 3.63) is 0 Å². The van der Waals surface area contributed by atoms with Crippen LogP contribution in [0.25, 0.3) is 0 Å². The number of methoxy groups -OCH3 is 1. The van der Waals surface area contributed by atoms with Gasteiger partial charge in [-0.1, -0.05) is 65.7 Å². The smallest absolute Gasteiger partial charge is 0.123 e. The monoisotopic (exact) mass is 296 g/mol. The standard InChI is InChI=1S/C19H36O2/c1-16(2)10-6-5-7-12-18(14-20)19(15-21-4)13-9-8-11-17(19)3/h14,16-18H,5-13,15H2,1-4H3. The van der Waals surface area contributed by atoms with E-state index in [4.69, 9.17) is 4.74 Å². The highest BCUT2D eigenvalue weighted by Gasteiger charge is 2.44. The van der Waals surface area contributed by atoms with Gasteiger partial charge < -0.3 is 9.53 Å². The van der Waals surface area contributed by atoms with E-state index in [0.29, 0.717) is 5.92 Å². The zero-order chi connectivity index (χ0) is 15.7. The molecule has 3 atom stereocenters.